The lowest BCUT2D eigenvalue weighted by atomic mass is 10.0. The molecule has 1 fully saturated rings. The van der Waals surface area contributed by atoms with Crippen LogP contribution >= 0.6 is 0 Å². The smallest absolute Gasteiger partial charge is 0.262 e. The van der Waals surface area contributed by atoms with Gasteiger partial charge in [-0.1, -0.05) is 18.2 Å². The molecule has 2 aliphatic heterocycles. The molecule has 9 heteroatoms. The van der Waals surface area contributed by atoms with Crippen LogP contribution in [0, 0.1) is 27.7 Å². The Hall–Kier alpha value is -3.56. The molecule has 0 saturated carbocycles. The number of fused-ring (bicyclic) bond motifs is 1. The number of carbonyl (C=O) groups excluding carboxylic acids is 1. The SMILES string of the molecule is Cc1cc(C)c(C)c(S(=O)(=O)Nc2ccccc2C(=O)N2CC[NH+](Cc3ccc4c(c3)OCO4)CC2)c1C. The highest BCUT2D eigenvalue weighted by atomic mass is 32.2. The van der Waals surface area contributed by atoms with Crippen LogP contribution in [-0.2, 0) is 16.6 Å². The molecule has 8 nitrogen and oxygen atoms in total. The van der Waals surface area contributed by atoms with Crippen molar-refractivity contribution in [1.82, 2.24) is 4.90 Å². The van der Waals surface area contributed by atoms with Crippen molar-refractivity contribution in [3.8, 4) is 11.5 Å². The van der Waals surface area contributed by atoms with Crippen molar-refractivity contribution < 1.29 is 27.6 Å². The van der Waals surface area contributed by atoms with E-state index in [0.29, 0.717) is 35.5 Å². The number of sulfonamides is 1. The normalized spacial score (nSPS) is 15.5. The zero-order valence-electron chi connectivity index (χ0n) is 22.3. The van der Waals surface area contributed by atoms with E-state index in [0.717, 1.165) is 42.3 Å². The van der Waals surface area contributed by atoms with Gasteiger partial charge < -0.3 is 19.3 Å². The van der Waals surface area contributed by atoms with Crippen LogP contribution in [0.3, 0.4) is 0 Å². The second-order valence-electron chi connectivity index (χ2n) is 10.1. The number of quaternary nitrogens is 1. The molecule has 0 aliphatic carbocycles. The maximum absolute atomic E-state index is 13.5. The van der Waals surface area contributed by atoms with Crippen LogP contribution in [0.25, 0.3) is 0 Å². The van der Waals surface area contributed by atoms with Gasteiger partial charge in [0, 0.05) is 5.56 Å². The number of rotatable bonds is 6. The lowest BCUT2D eigenvalue weighted by Crippen LogP contribution is -3.13. The first-order valence-electron chi connectivity index (χ1n) is 12.8. The molecule has 1 amide bonds. The minimum absolute atomic E-state index is 0.167. The number of hydrogen-bond donors (Lipinski definition) is 2. The van der Waals surface area contributed by atoms with Crippen LogP contribution in [0.5, 0.6) is 11.5 Å². The topological polar surface area (TPSA) is 89.4 Å². The molecule has 0 radical (unpaired) electrons. The lowest BCUT2D eigenvalue weighted by Gasteiger charge is -2.32. The van der Waals surface area contributed by atoms with E-state index in [1.165, 1.54) is 10.5 Å². The highest BCUT2D eigenvalue weighted by Gasteiger charge is 2.29. The Morgan fingerprint density at radius 3 is 2.29 bits per heavy atom. The molecular formula is C29H34N3O5S+. The summed E-state index contributed by atoms with van der Waals surface area (Å²) in [5.74, 6) is 1.39. The molecule has 5 rings (SSSR count). The van der Waals surface area contributed by atoms with Gasteiger partial charge in [0.05, 0.1) is 42.3 Å². The number of nitrogens with one attached hydrogen (secondary N) is 2. The second kappa shape index (κ2) is 10.3. The Morgan fingerprint density at radius 1 is 0.921 bits per heavy atom. The van der Waals surface area contributed by atoms with Gasteiger partial charge in [0.25, 0.3) is 15.9 Å². The standard InChI is InChI=1S/C29H33N3O5S/c1-19-15-20(2)22(4)28(21(19)3)38(34,35)30-25-8-6-5-7-24(25)29(33)32-13-11-31(12-14-32)17-23-9-10-26-27(16-23)37-18-36-26/h5-10,15-16,30H,11-14,17-18H2,1-4H3/p+1. The highest BCUT2D eigenvalue weighted by molar-refractivity contribution is 7.92. The Bertz CT molecular complexity index is 1470. The van der Waals surface area contributed by atoms with Crippen LogP contribution in [0.2, 0.25) is 0 Å². The minimum atomic E-state index is -3.90. The number of amides is 1. The van der Waals surface area contributed by atoms with E-state index in [2.05, 4.69) is 10.8 Å². The predicted molar refractivity (Wildman–Crippen MR) is 146 cm³/mol. The quantitative estimate of drug-likeness (QED) is 0.506. The average Bonchev–Trinajstić information content (AvgIpc) is 3.36. The number of para-hydroxylation sites is 1. The molecule has 2 N–H and O–H groups in total. The highest BCUT2D eigenvalue weighted by Crippen LogP contribution is 2.32. The van der Waals surface area contributed by atoms with Gasteiger partial charge in [-0.3, -0.25) is 9.52 Å². The zero-order valence-corrected chi connectivity index (χ0v) is 23.1. The van der Waals surface area contributed by atoms with Crippen LogP contribution < -0.4 is 19.1 Å². The Labute approximate surface area is 224 Å². The third-order valence-corrected chi connectivity index (χ3v) is 9.26. The van der Waals surface area contributed by atoms with E-state index in [-0.39, 0.29) is 17.6 Å². The molecular weight excluding hydrogens is 502 g/mol. The summed E-state index contributed by atoms with van der Waals surface area (Å²) in [7, 11) is -3.90. The number of nitrogens with zero attached hydrogens (tertiary/aromatic N) is 1. The summed E-state index contributed by atoms with van der Waals surface area (Å²) >= 11 is 0. The number of anilines is 1. The van der Waals surface area contributed by atoms with E-state index in [9.17, 15) is 13.2 Å². The van der Waals surface area contributed by atoms with E-state index >= 15 is 0 Å². The van der Waals surface area contributed by atoms with Gasteiger partial charge in [0.1, 0.15) is 6.54 Å². The molecule has 0 spiro atoms. The van der Waals surface area contributed by atoms with Gasteiger partial charge in [-0.25, -0.2) is 8.42 Å². The summed E-state index contributed by atoms with van der Waals surface area (Å²) < 4.78 is 40.7. The number of benzene rings is 3. The molecule has 1 saturated heterocycles. The van der Waals surface area contributed by atoms with Crippen molar-refractivity contribution in [2.75, 3.05) is 37.7 Å². The summed E-state index contributed by atoms with van der Waals surface area (Å²) in [4.78, 5) is 17.0. The Kier molecular flexibility index (Phi) is 7.07. The largest absolute Gasteiger partial charge is 0.454 e. The first-order chi connectivity index (χ1) is 18.1. The maximum Gasteiger partial charge on any atom is 0.262 e. The summed E-state index contributed by atoms with van der Waals surface area (Å²) in [6, 6.07) is 14.9. The predicted octanol–water partition coefficient (Wildman–Crippen LogP) is 2.99. The number of aryl methyl sites for hydroxylation is 2. The number of carbonyl (C=O) groups is 1. The molecule has 0 unspecified atom stereocenters. The lowest BCUT2D eigenvalue weighted by molar-refractivity contribution is -0.917. The molecule has 38 heavy (non-hydrogen) atoms. The van der Waals surface area contributed by atoms with Crippen molar-refractivity contribution in [1.29, 1.82) is 0 Å². The first kappa shape index (κ1) is 26.1. The maximum atomic E-state index is 13.5. The zero-order chi connectivity index (χ0) is 27.0. The third-order valence-electron chi connectivity index (χ3n) is 7.62. The molecule has 2 aliphatic rings. The minimum Gasteiger partial charge on any atom is -0.454 e. The Morgan fingerprint density at radius 2 is 1.58 bits per heavy atom. The fourth-order valence-corrected chi connectivity index (χ4v) is 6.95. The number of piperazine rings is 1. The fourth-order valence-electron chi connectivity index (χ4n) is 5.25. The number of hydrogen-bond acceptors (Lipinski definition) is 5. The van der Waals surface area contributed by atoms with Crippen molar-refractivity contribution in [3.63, 3.8) is 0 Å². The fraction of sp³-hybridized carbons (Fsp3) is 0.345. The van der Waals surface area contributed by atoms with Crippen LogP contribution in [0.4, 0.5) is 5.69 Å². The van der Waals surface area contributed by atoms with Crippen LogP contribution in [0.1, 0.15) is 38.2 Å². The molecule has 3 aromatic carbocycles. The molecule has 3 aromatic rings. The molecule has 0 atom stereocenters. The average molecular weight is 537 g/mol. The Balaban J connectivity index is 1.29. The van der Waals surface area contributed by atoms with Crippen LogP contribution in [-0.4, -0.2) is 52.2 Å². The number of ether oxygens (including phenoxy) is 2. The summed E-state index contributed by atoms with van der Waals surface area (Å²) in [6.07, 6.45) is 0. The van der Waals surface area contributed by atoms with Gasteiger partial charge >= 0.3 is 0 Å². The van der Waals surface area contributed by atoms with Gasteiger partial charge in [-0.05, 0) is 80.3 Å². The summed E-state index contributed by atoms with van der Waals surface area (Å²) in [6.45, 7) is 11.3. The van der Waals surface area contributed by atoms with Crippen molar-refractivity contribution in [2.45, 2.75) is 39.1 Å². The van der Waals surface area contributed by atoms with E-state index in [1.54, 1.807) is 24.3 Å². The van der Waals surface area contributed by atoms with E-state index < -0.39 is 10.0 Å². The summed E-state index contributed by atoms with van der Waals surface area (Å²) in [5.41, 5.74) is 5.08. The molecule has 0 aromatic heterocycles. The monoisotopic (exact) mass is 536 g/mol. The van der Waals surface area contributed by atoms with E-state index in [1.807, 2.05) is 50.8 Å². The van der Waals surface area contributed by atoms with Crippen LogP contribution in [0.15, 0.2) is 53.4 Å². The van der Waals surface area contributed by atoms with Gasteiger partial charge in [0.15, 0.2) is 11.5 Å². The summed E-state index contributed by atoms with van der Waals surface area (Å²) in [5, 5.41) is 0. The van der Waals surface area contributed by atoms with Crippen molar-refractivity contribution in [2.24, 2.45) is 0 Å². The van der Waals surface area contributed by atoms with Crippen molar-refractivity contribution >= 4 is 21.6 Å². The third kappa shape index (κ3) is 5.08. The second-order valence-corrected chi connectivity index (χ2v) is 11.8. The molecule has 200 valence electrons. The van der Waals surface area contributed by atoms with Gasteiger partial charge in [0.2, 0.25) is 6.79 Å². The van der Waals surface area contributed by atoms with Gasteiger partial charge in [-0.2, -0.15) is 0 Å². The molecule has 2 heterocycles. The molecule has 0 bridgehead atoms. The first-order valence-corrected chi connectivity index (χ1v) is 14.3. The van der Waals surface area contributed by atoms with Gasteiger partial charge in [-0.15, -0.1) is 0 Å². The van der Waals surface area contributed by atoms with E-state index in [4.69, 9.17) is 9.47 Å². The van der Waals surface area contributed by atoms with Crippen molar-refractivity contribution in [3.05, 3.63) is 81.9 Å².